The van der Waals surface area contributed by atoms with Crippen molar-refractivity contribution in [3.05, 3.63) is 106 Å². The molecule has 1 unspecified atom stereocenters. The van der Waals surface area contributed by atoms with Crippen molar-refractivity contribution in [1.29, 1.82) is 0 Å². The molecule has 9 heteroatoms. The van der Waals surface area contributed by atoms with E-state index in [0.717, 1.165) is 0 Å². The number of pyridine rings is 1. The van der Waals surface area contributed by atoms with Crippen LogP contribution in [0, 0.1) is 0 Å². The minimum Gasteiger partial charge on any atom is -0.503 e. The van der Waals surface area contributed by atoms with Crippen molar-refractivity contribution >= 4 is 45.9 Å². The Balaban J connectivity index is 1.52. The van der Waals surface area contributed by atoms with E-state index in [1.807, 2.05) is 0 Å². The zero-order valence-electron chi connectivity index (χ0n) is 20.6. The van der Waals surface area contributed by atoms with Gasteiger partial charge in [0.25, 0.3) is 5.91 Å². The van der Waals surface area contributed by atoms with Crippen LogP contribution in [0.3, 0.4) is 0 Å². The van der Waals surface area contributed by atoms with Gasteiger partial charge in [0.05, 0.1) is 24.1 Å². The number of ketones is 1. The number of aliphatic hydroxyl groups excluding tert-OH is 1. The number of rotatable bonds is 7. The maximum absolute atomic E-state index is 13.7. The number of aliphatic hydroxyl groups is 1. The van der Waals surface area contributed by atoms with Crippen molar-refractivity contribution in [3.8, 4) is 0 Å². The van der Waals surface area contributed by atoms with Gasteiger partial charge in [-0.25, -0.2) is 0 Å². The monoisotopic (exact) mass is 530 g/mol. The molecular formula is C29H23ClN2O6. The fourth-order valence-corrected chi connectivity index (χ4v) is 4.64. The molecule has 0 radical (unpaired) electrons. The van der Waals surface area contributed by atoms with Crippen LogP contribution in [-0.4, -0.2) is 33.9 Å². The van der Waals surface area contributed by atoms with Crippen LogP contribution in [0.2, 0.25) is 5.02 Å². The standard InChI is InChI=1S/C29H23ClN2O6/c1-16(2)37-24(33)12-17-5-8-21(9-6-17)32-26(18-4-3-11-31-15-18)25(28(35)29(32)36)27(34)23-14-19-13-20(30)7-10-22(19)38-23/h3-11,13-16,26,35H,12H2,1-2H3. The van der Waals surface area contributed by atoms with Crippen LogP contribution >= 0.6 is 11.6 Å². The number of carbonyl (C=O) groups excluding carboxylic acids is 3. The van der Waals surface area contributed by atoms with E-state index in [1.54, 1.807) is 74.6 Å². The Bertz CT molecular complexity index is 1570. The lowest BCUT2D eigenvalue weighted by Crippen LogP contribution is -2.31. The van der Waals surface area contributed by atoms with Crippen molar-refractivity contribution in [2.24, 2.45) is 0 Å². The molecule has 2 aromatic carbocycles. The largest absolute Gasteiger partial charge is 0.503 e. The Hall–Kier alpha value is -4.43. The van der Waals surface area contributed by atoms with E-state index in [4.69, 9.17) is 20.8 Å². The van der Waals surface area contributed by atoms with E-state index in [1.165, 1.54) is 17.2 Å². The number of Topliss-reactive ketones (excluding diaryl/α,β-unsaturated/α-hetero) is 1. The van der Waals surface area contributed by atoms with E-state index in [2.05, 4.69) is 4.98 Å². The number of halogens is 1. The molecule has 2 aromatic heterocycles. The third-order valence-corrected chi connectivity index (χ3v) is 6.32. The number of hydrogen-bond acceptors (Lipinski definition) is 7. The SMILES string of the molecule is CC(C)OC(=O)Cc1ccc(N2C(=O)C(O)=C(C(=O)c3cc4cc(Cl)ccc4o3)C2c2cccnc2)cc1. The molecule has 0 fully saturated rings. The second-order valence-corrected chi connectivity index (χ2v) is 9.57. The van der Waals surface area contributed by atoms with Gasteiger partial charge < -0.3 is 14.3 Å². The summed E-state index contributed by atoms with van der Waals surface area (Å²) in [5.74, 6) is -2.45. The fourth-order valence-electron chi connectivity index (χ4n) is 4.46. The zero-order valence-corrected chi connectivity index (χ0v) is 21.3. The number of esters is 1. The highest BCUT2D eigenvalue weighted by atomic mass is 35.5. The van der Waals surface area contributed by atoms with Gasteiger partial charge >= 0.3 is 5.97 Å². The summed E-state index contributed by atoms with van der Waals surface area (Å²) in [5, 5.41) is 12.1. The maximum atomic E-state index is 13.7. The molecule has 1 N–H and O–H groups in total. The van der Waals surface area contributed by atoms with Gasteiger partial charge in [0.1, 0.15) is 5.58 Å². The summed E-state index contributed by atoms with van der Waals surface area (Å²) in [5.41, 5.74) is 1.97. The third kappa shape index (κ3) is 4.78. The quantitative estimate of drug-likeness (QED) is 0.239. The van der Waals surface area contributed by atoms with E-state index in [-0.39, 0.29) is 29.8 Å². The smallest absolute Gasteiger partial charge is 0.310 e. The summed E-state index contributed by atoms with van der Waals surface area (Å²) < 4.78 is 10.9. The van der Waals surface area contributed by atoms with Crippen LogP contribution in [0.4, 0.5) is 5.69 Å². The first-order chi connectivity index (χ1) is 18.2. The van der Waals surface area contributed by atoms with Gasteiger partial charge in [-0.1, -0.05) is 29.8 Å². The van der Waals surface area contributed by atoms with Crippen molar-refractivity contribution in [3.63, 3.8) is 0 Å². The average molecular weight is 531 g/mol. The van der Waals surface area contributed by atoms with Crippen LogP contribution in [0.15, 0.2) is 88.8 Å². The number of carbonyl (C=O) groups is 3. The first-order valence-corrected chi connectivity index (χ1v) is 12.3. The Labute approximate surface area is 223 Å². The lowest BCUT2D eigenvalue weighted by Gasteiger charge is -2.26. The number of anilines is 1. The molecule has 1 amide bonds. The fraction of sp³-hybridized carbons (Fsp3) is 0.172. The molecule has 0 saturated carbocycles. The number of furan rings is 1. The van der Waals surface area contributed by atoms with E-state index in [0.29, 0.717) is 32.8 Å². The predicted octanol–water partition coefficient (Wildman–Crippen LogP) is 5.76. The molecular weight excluding hydrogens is 508 g/mol. The summed E-state index contributed by atoms with van der Waals surface area (Å²) in [6.45, 7) is 3.55. The second kappa shape index (κ2) is 10.1. The highest BCUT2D eigenvalue weighted by molar-refractivity contribution is 6.31. The Morgan fingerprint density at radius 2 is 1.89 bits per heavy atom. The topological polar surface area (TPSA) is 110 Å². The summed E-state index contributed by atoms with van der Waals surface area (Å²) in [7, 11) is 0. The number of benzene rings is 2. The number of aromatic nitrogens is 1. The molecule has 3 heterocycles. The van der Waals surface area contributed by atoms with Crippen LogP contribution in [0.1, 0.15) is 41.6 Å². The Kier molecular flexibility index (Phi) is 6.73. The minimum atomic E-state index is -0.961. The first kappa shape index (κ1) is 25.2. The van der Waals surface area contributed by atoms with E-state index >= 15 is 0 Å². The molecule has 0 saturated heterocycles. The van der Waals surface area contributed by atoms with Crippen molar-refractivity contribution in [1.82, 2.24) is 4.98 Å². The molecule has 1 aliphatic heterocycles. The van der Waals surface area contributed by atoms with Crippen molar-refractivity contribution < 1.29 is 28.6 Å². The molecule has 1 aliphatic rings. The van der Waals surface area contributed by atoms with Gasteiger partial charge in [-0.2, -0.15) is 0 Å². The number of ether oxygens (including phenoxy) is 1. The van der Waals surface area contributed by atoms with Gasteiger partial charge in [-0.05, 0) is 67.4 Å². The molecule has 8 nitrogen and oxygen atoms in total. The third-order valence-electron chi connectivity index (χ3n) is 6.09. The second-order valence-electron chi connectivity index (χ2n) is 9.13. The molecule has 38 heavy (non-hydrogen) atoms. The maximum Gasteiger partial charge on any atom is 0.310 e. The van der Waals surface area contributed by atoms with Crippen LogP contribution in [0.25, 0.3) is 11.0 Å². The first-order valence-electron chi connectivity index (χ1n) is 11.9. The Morgan fingerprint density at radius 3 is 2.58 bits per heavy atom. The molecule has 4 aromatic rings. The Morgan fingerprint density at radius 1 is 1.13 bits per heavy atom. The van der Waals surface area contributed by atoms with Gasteiger partial charge in [0.2, 0.25) is 5.78 Å². The summed E-state index contributed by atoms with van der Waals surface area (Å²) >= 11 is 6.07. The van der Waals surface area contributed by atoms with Gasteiger partial charge in [0, 0.05) is 28.5 Å². The average Bonchev–Trinajstić information content (AvgIpc) is 3.42. The van der Waals surface area contributed by atoms with Crippen LogP contribution in [-0.2, 0) is 20.7 Å². The van der Waals surface area contributed by atoms with Crippen LogP contribution < -0.4 is 4.90 Å². The number of fused-ring (bicyclic) bond motifs is 1. The summed E-state index contributed by atoms with van der Waals surface area (Å²) in [6, 6.07) is 15.6. The predicted molar refractivity (Wildman–Crippen MR) is 141 cm³/mol. The molecule has 5 rings (SSSR count). The molecule has 0 spiro atoms. The minimum absolute atomic E-state index is 0.0358. The highest BCUT2D eigenvalue weighted by Gasteiger charge is 2.45. The van der Waals surface area contributed by atoms with Gasteiger partial charge in [0.15, 0.2) is 11.5 Å². The molecule has 0 aliphatic carbocycles. The summed E-state index contributed by atoms with van der Waals surface area (Å²) in [6.07, 6.45) is 2.95. The normalized spacial score (nSPS) is 15.5. The molecule has 1 atom stereocenters. The zero-order chi connectivity index (χ0) is 27.0. The van der Waals surface area contributed by atoms with E-state index < -0.39 is 23.5 Å². The van der Waals surface area contributed by atoms with Crippen LogP contribution in [0.5, 0.6) is 0 Å². The van der Waals surface area contributed by atoms with Gasteiger partial charge in [-0.3, -0.25) is 24.3 Å². The van der Waals surface area contributed by atoms with E-state index in [9.17, 15) is 19.5 Å². The lowest BCUT2D eigenvalue weighted by molar-refractivity contribution is -0.146. The molecule has 0 bridgehead atoms. The molecule has 192 valence electrons. The van der Waals surface area contributed by atoms with Gasteiger partial charge in [-0.15, -0.1) is 0 Å². The summed E-state index contributed by atoms with van der Waals surface area (Å²) in [4.78, 5) is 44.6. The number of amides is 1. The lowest BCUT2D eigenvalue weighted by atomic mass is 9.95. The van der Waals surface area contributed by atoms with Crippen molar-refractivity contribution in [2.75, 3.05) is 4.90 Å². The van der Waals surface area contributed by atoms with Crippen molar-refractivity contribution in [2.45, 2.75) is 32.4 Å². The number of hydrogen-bond donors (Lipinski definition) is 1. The highest BCUT2D eigenvalue weighted by Crippen LogP contribution is 2.42. The number of nitrogens with zero attached hydrogens (tertiary/aromatic N) is 2.